The molecule has 0 radical (unpaired) electrons. The average Bonchev–Trinajstić information content (AvgIpc) is 2.66. The van der Waals surface area contributed by atoms with Crippen LogP contribution in [0.25, 0.3) is 0 Å². The molecule has 2 nitrogen and oxygen atoms in total. The third kappa shape index (κ3) is 3.21. The van der Waals surface area contributed by atoms with Crippen LogP contribution in [-0.4, -0.2) is 24.0 Å². The maximum atomic E-state index is 8.78. The van der Waals surface area contributed by atoms with Gasteiger partial charge in [0.15, 0.2) is 0 Å². The van der Waals surface area contributed by atoms with Crippen molar-refractivity contribution in [1.82, 2.24) is 4.90 Å². The van der Waals surface area contributed by atoms with E-state index in [1.807, 2.05) is 12.2 Å². The highest BCUT2D eigenvalue weighted by molar-refractivity contribution is 4.94. The molecule has 2 atom stereocenters. The molecule has 1 rings (SSSR count). The van der Waals surface area contributed by atoms with Crippen molar-refractivity contribution in [3.05, 3.63) is 25.3 Å². The molecule has 0 saturated heterocycles. The molecule has 1 aliphatic rings. The highest BCUT2D eigenvalue weighted by atomic mass is 15.2. The van der Waals surface area contributed by atoms with E-state index in [-0.39, 0.29) is 0 Å². The Balaban J connectivity index is 2.60. The number of hydrogen-bond acceptors (Lipinski definition) is 2. The van der Waals surface area contributed by atoms with Gasteiger partial charge in [0.05, 0.1) is 6.07 Å². The molecule has 0 bridgehead atoms. The van der Waals surface area contributed by atoms with Crippen LogP contribution in [0.3, 0.4) is 0 Å². The minimum absolute atomic E-state index is 0.551. The smallest absolute Gasteiger partial charge is 0.0625 e. The molecular formula is C13H20N2. The predicted octanol–water partition coefficient (Wildman–Crippen LogP) is 2.74. The predicted molar refractivity (Wildman–Crippen MR) is 63.3 cm³/mol. The minimum atomic E-state index is 0.551. The molecule has 0 aromatic carbocycles. The molecule has 2 heteroatoms. The van der Waals surface area contributed by atoms with Crippen molar-refractivity contribution in [1.29, 1.82) is 5.26 Å². The van der Waals surface area contributed by atoms with Crippen LogP contribution in [0.1, 0.15) is 25.7 Å². The van der Waals surface area contributed by atoms with Gasteiger partial charge in [-0.25, -0.2) is 0 Å². The van der Waals surface area contributed by atoms with E-state index in [4.69, 9.17) is 5.26 Å². The summed E-state index contributed by atoms with van der Waals surface area (Å²) in [6.07, 6.45) is 8.23. The van der Waals surface area contributed by atoms with E-state index < -0.39 is 0 Å². The van der Waals surface area contributed by atoms with E-state index in [1.165, 1.54) is 19.3 Å². The third-order valence-electron chi connectivity index (χ3n) is 3.17. The van der Waals surface area contributed by atoms with Crippen LogP contribution in [0.4, 0.5) is 0 Å². The molecule has 15 heavy (non-hydrogen) atoms. The van der Waals surface area contributed by atoms with Gasteiger partial charge in [-0.15, -0.1) is 13.2 Å². The van der Waals surface area contributed by atoms with Crippen molar-refractivity contribution in [3.63, 3.8) is 0 Å². The Hall–Kier alpha value is -1.07. The lowest BCUT2D eigenvalue weighted by atomic mass is 9.99. The summed E-state index contributed by atoms with van der Waals surface area (Å²) in [5, 5.41) is 8.78. The fraction of sp³-hybridized carbons (Fsp3) is 0.615. The summed E-state index contributed by atoms with van der Waals surface area (Å²) in [6, 6.07) is 2.86. The van der Waals surface area contributed by atoms with Crippen LogP contribution in [0, 0.1) is 17.2 Å². The SMILES string of the molecule is C=CCN(CC=C)[C@@H]1CCC[C@H]1CC#N. The number of rotatable bonds is 6. The fourth-order valence-corrected chi connectivity index (χ4v) is 2.53. The Morgan fingerprint density at radius 2 is 1.93 bits per heavy atom. The summed E-state index contributed by atoms with van der Waals surface area (Å²) < 4.78 is 0. The van der Waals surface area contributed by atoms with Gasteiger partial charge in [0.25, 0.3) is 0 Å². The standard InChI is InChI=1S/C13H20N2/c1-3-10-15(11-4-2)13-7-5-6-12(13)8-9-14/h3-4,12-13H,1-2,5-8,10-11H2/t12-,13+/m0/s1. The molecule has 0 aromatic heterocycles. The zero-order valence-corrected chi connectivity index (χ0v) is 9.36. The average molecular weight is 204 g/mol. The molecule has 0 N–H and O–H groups in total. The molecule has 0 spiro atoms. The lowest BCUT2D eigenvalue weighted by Crippen LogP contribution is -2.38. The first-order valence-electron chi connectivity index (χ1n) is 5.66. The first-order valence-corrected chi connectivity index (χ1v) is 5.66. The Bertz CT molecular complexity index is 242. The normalized spacial score (nSPS) is 25.1. The van der Waals surface area contributed by atoms with E-state index in [2.05, 4.69) is 24.1 Å². The maximum Gasteiger partial charge on any atom is 0.0625 e. The summed E-state index contributed by atoms with van der Waals surface area (Å²) in [5.74, 6) is 0.551. The molecule has 0 aromatic rings. The van der Waals surface area contributed by atoms with E-state index >= 15 is 0 Å². The van der Waals surface area contributed by atoms with E-state index in [0.29, 0.717) is 18.4 Å². The first-order chi connectivity index (χ1) is 7.33. The first kappa shape index (κ1) is 12.0. The summed E-state index contributed by atoms with van der Waals surface area (Å²) in [7, 11) is 0. The minimum Gasteiger partial charge on any atom is -0.293 e. The van der Waals surface area contributed by atoms with Crippen LogP contribution in [-0.2, 0) is 0 Å². The maximum absolute atomic E-state index is 8.78. The van der Waals surface area contributed by atoms with Gasteiger partial charge < -0.3 is 0 Å². The van der Waals surface area contributed by atoms with Crippen LogP contribution in [0.2, 0.25) is 0 Å². The quantitative estimate of drug-likeness (QED) is 0.622. The second-order valence-electron chi connectivity index (χ2n) is 4.15. The van der Waals surface area contributed by atoms with Crippen molar-refractivity contribution in [2.75, 3.05) is 13.1 Å². The number of nitriles is 1. The van der Waals surface area contributed by atoms with Gasteiger partial charge in [-0.1, -0.05) is 18.6 Å². The van der Waals surface area contributed by atoms with Crippen molar-refractivity contribution >= 4 is 0 Å². The fourth-order valence-electron chi connectivity index (χ4n) is 2.53. The highest BCUT2D eigenvalue weighted by Crippen LogP contribution is 2.32. The highest BCUT2D eigenvalue weighted by Gasteiger charge is 2.30. The second kappa shape index (κ2) is 6.42. The zero-order valence-electron chi connectivity index (χ0n) is 9.36. The molecule has 82 valence electrons. The summed E-state index contributed by atoms with van der Waals surface area (Å²) >= 11 is 0. The third-order valence-corrected chi connectivity index (χ3v) is 3.17. The van der Waals surface area contributed by atoms with E-state index in [1.54, 1.807) is 0 Å². The molecule has 0 amide bonds. The van der Waals surface area contributed by atoms with Crippen LogP contribution in [0.15, 0.2) is 25.3 Å². The zero-order chi connectivity index (χ0) is 11.1. The molecule has 1 saturated carbocycles. The summed E-state index contributed by atoms with van der Waals surface area (Å²) in [5.41, 5.74) is 0. The molecule has 1 aliphatic carbocycles. The van der Waals surface area contributed by atoms with Crippen LogP contribution in [0.5, 0.6) is 0 Å². The van der Waals surface area contributed by atoms with Gasteiger partial charge in [-0.05, 0) is 18.8 Å². The van der Waals surface area contributed by atoms with Crippen molar-refractivity contribution in [2.24, 2.45) is 5.92 Å². The monoisotopic (exact) mass is 204 g/mol. The van der Waals surface area contributed by atoms with E-state index in [0.717, 1.165) is 13.1 Å². The topological polar surface area (TPSA) is 27.0 Å². The lowest BCUT2D eigenvalue weighted by molar-refractivity contribution is 0.196. The molecule has 0 unspecified atom stereocenters. The van der Waals surface area contributed by atoms with Gasteiger partial charge in [0.2, 0.25) is 0 Å². The van der Waals surface area contributed by atoms with Crippen molar-refractivity contribution < 1.29 is 0 Å². The van der Waals surface area contributed by atoms with Crippen LogP contribution < -0.4 is 0 Å². The van der Waals surface area contributed by atoms with Gasteiger partial charge in [0, 0.05) is 25.6 Å². The van der Waals surface area contributed by atoms with Crippen LogP contribution >= 0.6 is 0 Å². The molecule has 0 heterocycles. The molecule has 1 fully saturated rings. The second-order valence-corrected chi connectivity index (χ2v) is 4.15. The van der Waals surface area contributed by atoms with Crippen molar-refractivity contribution in [3.8, 4) is 6.07 Å². The van der Waals surface area contributed by atoms with Gasteiger partial charge in [0.1, 0.15) is 0 Å². The lowest BCUT2D eigenvalue weighted by Gasteiger charge is -2.30. The summed E-state index contributed by atoms with van der Waals surface area (Å²) in [4.78, 5) is 2.38. The Morgan fingerprint density at radius 1 is 1.27 bits per heavy atom. The van der Waals surface area contributed by atoms with Gasteiger partial charge >= 0.3 is 0 Å². The Labute approximate surface area is 92.9 Å². The number of hydrogen-bond donors (Lipinski definition) is 0. The summed E-state index contributed by atoms with van der Waals surface area (Å²) in [6.45, 7) is 9.37. The molecule has 0 aliphatic heterocycles. The van der Waals surface area contributed by atoms with Crippen molar-refractivity contribution in [2.45, 2.75) is 31.7 Å². The van der Waals surface area contributed by atoms with Gasteiger partial charge in [-0.3, -0.25) is 4.90 Å². The Kier molecular flexibility index (Phi) is 5.14. The number of nitrogens with zero attached hydrogens (tertiary/aromatic N) is 2. The van der Waals surface area contributed by atoms with Gasteiger partial charge in [-0.2, -0.15) is 5.26 Å². The van der Waals surface area contributed by atoms with E-state index in [9.17, 15) is 0 Å². The largest absolute Gasteiger partial charge is 0.293 e. The molecular weight excluding hydrogens is 184 g/mol. The Morgan fingerprint density at radius 3 is 2.47 bits per heavy atom.